The molecule has 0 aliphatic rings. The van der Waals surface area contributed by atoms with Gasteiger partial charge in [-0.2, -0.15) is 0 Å². The molecule has 108 valence electrons. The zero-order valence-electron chi connectivity index (χ0n) is 11.1. The van der Waals surface area contributed by atoms with Gasteiger partial charge in [0.15, 0.2) is 6.10 Å². The second kappa shape index (κ2) is 6.81. The average Bonchev–Trinajstić information content (AvgIpc) is 2.50. The largest absolute Gasteiger partial charge is 0.449 e. The van der Waals surface area contributed by atoms with Gasteiger partial charge in [-0.3, -0.25) is 9.78 Å². The predicted octanol–water partition coefficient (Wildman–Crippen LogP) is 2.31. The topological polar surface area (TPSA) is 81.2 Å². The lowest BCUT2D eigenvalue weighted by Crippen LogP contribution is -2.30. The highest BCUT2D eigenvalue weighted by Crippen LogP contribution is 2.10. The molecule has 0 radical (unpaired) electrons. The number of carbonyl (C=O) groups is 2. The summed E-state index contributed by atoms with van der Waals surface area (Å²) in [6.07, 6.45) is 3.35. The fourth-order valence-corrected chi connectivity index (χ4v) is 1.56. The molecule has 0 saturated heterocycles. The van der Waals surface area contributed by atoms with Crippen LogP contribution in [0.1, 0.15) is 17.3 Å². The Morgan fingerprint density at radius 2 is 2.10 bits per heavy atom. The van der Waals surface area contributed by atoms with Gasteiger partial charge in [-0.1, -0.05) is 11.6 Å². The summed E-state index contributed by atoms with van der Waals surface area (Å²) in [5.74, 6) is -0.773. The molecule has 0 saturated carbocycles. The average molecular weight is 306 g/mol. The first-order valence-electron chi connectivity index (χ1n) is 6.09. The first-order chi connectivity index (χ1) is 10.1. The van der Waals surface area contributed by atoms with E-state index in [-0.39, 0.29) is 5.56 Å². The Balaban J connectivity index is 1.93. The molecule has 21 heavy (non-hydrogen) atoms. The summed E-state index contributed by atoms with van der Waals surface area (Å²) in [5, 5.41) is 2.99. The third-order valence-corrected chi connectivity index (χ3v) is 2.75. The Morgan fingerprint density at radius 1 is 1.29 bits per heavy atom. The first kappa shape index (κ1) is 14.9. The number of rotatable bonds is 4. The van der Waals surface area contributed by atoms with Gasteiger partial charge in [-0.25, -0.2) is 9.78 Å². The Kier molecular flexibility index (Phi) is 4.84. The molecule has 0 spiro atoms. The molecule has 2 heterocycles. The lowest BCUT2D eigenvalue weighted by molar-refractivity contribution is -0.123. The highest BCUT2D eigenvalue weighted by Gasteiger charge is 2.19. The predicted molar refractivity (Wildman–Crippen MR) is 77.0 cm³/mol. The fourth-order valence-electron chi connectivity index (χ4n) is 1.44. The lowest BCUT2D eigenvalue weighted by Gasteiger charge is -2.13. The number of nitrogens with zero attached hydrogens (tertiary/aromatic N) is 2. The number of amides is 1. The van der Waals surface area contributed by atoms with Crippen LogP contribution in [0.5, 0.6) is 0 Å². The number of carbonyl (C=O) groups excluding carboxylic acids is 2. The Labute approximate surface area is 126 Å². The van der Waals surface area contributed by atoms with E-state index in [2.05, 4.69) is 15.3 Å². The molecule has 1 N–H and O–H groups in total. The lowest BCUT2D eigenvalue weighted by atomic mass is 10.3. The molecule has 2 rings (SSSR count). The first-order valence-corrected chi connectivity index (χ1v) is 6.47. The number of aromatic nitrogens is 2. The van der Waals surface area contributed by atoms with Crippen LogP contribution in [0.15, 0.2) is 42.9 Å². The van der Waals surface area contributed by atoms with Crippen molar-refractivity contribution in [2.75, 3.05) is 5.32 Å². The minimum absolute atomic E-state index is 0.279. The van der Waals surface area contributed by atoms with Gasteiger partial charge in [0.2, 0.25) is 0 Å². The van der Waals surface area contributed by atoms with E-state index in [1.807, 2.05) is 0 Å². The van der Waals surface area contributed by atoms with Gasteiger partial charge in [0.1, 0.15) is 5.82 Å². The zero-order valence-corrected chi connectivity index (χ0v) is 11.9. The molecule has 0 aromatic carbocycles. The molecule has 1 atom stereocenters. The van der Waals surface area contributed by atoms with E-state index in [0.717, 1.165) is 0 Å². The Hall–Kier alpha value is -2.47. The van der Waals surface area contributed by atoms with Crippen molar-refractivity contribution in [3.05, 3.63) is 53.4 Å². The van der Waals surface area contributed by atoms with E-state index in [9.17, 15) is 9.59 Å². The van der Waals surface area contributed by atoms with Crippen molar-refractivity contribution in [2.45, 2.75) is 13.0 Å². The van der Waals surface area contributed by atoms with E-state index in [1.54, 1.807) is 30.5 Å². The van der Waals surface area contributed by atoms with Crippen LogP contribution < -0.4 is 5.32 Å². The van der Waals surface area contributed by atoms with Crippen molar-refractivity contribution in [3.8, 4) is 0 Å². The van der Waals surface area contributed by atoms with E-state index >= 15 is 0 Å². The van der Waals surface area contributed by atoms with Crippen LogP contribution in [0.3, 0.4) is 0 Å². The number of nitrogens with one attached hydrogen (secondary N) is 1. The third kappa shape index (κ3) is 4.25. The number of esters is 1. The summed E-state index contributed by atoms with van der Waals surface area (Å²) in [5.41, 5.74) is 0.279. The van der Waals surface area contributed by atoms with E-state index in [1.165, 1.54) is 19.3 Å². The number of hydrogen-bond acceptors (Lipinski definition) is 5. The molecule has 7 heteroatoms. The molecule has 2 aromatic heterocycles. The maximum absolute atomic E-state index is 11.9. The number of anilines is 1. The van der Waals surface area contributed by atoms with Crippen molar-refractivity contribution in [2.24, 2.45) is 0 Å². The molecule has 0 aliphatic heterocycles. The number of halogens is 1. The maximum Gasteiger partial charge on any atom is 0.340 e. The van der Waals surface area contributed by atoms with E-state index in [4.69, 9.17) is 16.3 Å². The smallest absolute Gasteiger partial charge is 0.340 e. The Morgan fingerprint density at radius 3 is 2.71 bits per heavy atom. The molecule has 0 aliphatic carbocycles. The summed E-state index contributed by atoms with van der Waals surface area (Å²) in [6, 6.07) is 6.31. The van der Waals surface area contributed by atoms with Gasteiger partial charge < -0.3 is 10.1 Å². The molecule has 0 fully saturated rings. The van der Waals surface area contributed by atoms with Crippen molar-refractivity contribution < 1.29 is 14.3 Å². The summed E-state index contributed by atoms with van der Waals surface area (Å²) in [4.78, 5) is 31.4. The fraction of sp³-hybridized carbons (Fsp3) is 0.143. The van der Waals surface area contributed by atoms with Gasteiger partial charge in [0, 0.05) is 18.6 Å². The third-order valence-electron chi connectivity index (χ3n) is 2.53. The van der Waals surface area contributed by atoms with Crippen LogP contribution >= 0.6 is 11.6 Å². The summed E-state index contributed by atoms with van der Waals surface area (Å²) >= 11 is 5.70. The van der Waals surface area contributed by atoms with Crippen molar-refractivity contribution in [1.29, 1.82) is 0 Å². The number of ether oxygens (including phenoxy) is 1. The zero-order chi connectivity index (χ0) is 15.2. The molecule has 6 nitrogen and oxygen atoms in total. The molecule has 1 unspecified atom stereocenters. The summed E-state index contributed by atoms with van der Waals surface area (Å²) in [7, 11) is 0. The van der Waals surface area contributed by atoms with Crippen molar-refractivity contribution in [3.63, 3.8) is 0 Å². The maximum atomic E-state index is 11.9. The summed E-state index contributed by atoms with van der Waals surface area (Å²) < 4.78 is 5.05. The molecule has 0 bridgehead atoms. The van der Waals surface area contributed by atoms with Crippen LogP contribution in [0, 0.1) is 0 Å². The summed E-state index contributed by atoms with van der Waals surface area (Å²) in [6.45, 7) is 1.47. The van der Waals surface area contributed by atoms with Gasteiger partial charge in [0.25, 0.3) is 5.91 Å². The number of hydrogen-bond donors (Lipinski definition) is 1. The highest BCUT2D eigenvalue weighted by molar-refractivity contribution is 6.30. The Bertz CT molecular complexity index is 632. The van der Waals surface area contributed by atoms with E-state index < -0.39 is 18.0 Å². The SMILES string of the molecule is CC(OC(=O)c1cccnc1)C(=O)Nc1ccc(Cl)cn1. The second-order valence-corrected chi connectivity index (χ2v) is 4.58. The van der Waals surface area contributed by atoms with Crippen LogP contribution in [0.25, 0.3) is 0 Å². The van der Waals surface area contributed by atoms with Gasteiger partial charge in [-0.05, 0) is 31.2 Å². The van der Waals surface area contributed by atoms with Crippen LogP contribution in [0.2, 0.25) is 5.02 Å². The van der Waals surface area contributed by atoms with Crippen molar-refractivity contribution >= 4 is 29.3 Å². The van der Waals surface area contributed by atoms with Crippen LogP contribution in [0.4, 0.5) is 5.82 Å². The minimum Gasteiger partial charge on any atom is -0.449 e. The second-order valence-electron chi connectivity index (χ2n) is 4.14. The molecule has 1 amide bonds. The van der Waals surface area contributed by atoms with Crippen molar-refractivity contribution in [1.82, 2.24) is 9.97 Å². The van der Waals surface area contributed by atoms with E-state index in [0.29, 0.717) is 10.8 Å². The van der Waals surface area contributed by atoms with Gasteiger partial charge in [0.05, 0.1) is 10.6 Å². The molecular formula is C14H12ClN3O3. The van der Waals surface area contributed by atoms with Crippen LogP contribution in [-0.2, 0) is 9.53 Å². The minimum atomic E-state index is -0.963. The highest BCUT2D eigenvalue weighted by atomic mass is 35.5. The normalized spacial score (nSPS) is 11.5. The van der Waals surface area contributed by atoms with Gasteiger partial charge in [-0.15, -0.1) is 0 Å². The quantitative estimate of drug-likeness (QED) is 0.877. The van der Waals surface area contributed by atoms with Crippen LogP contribution in [-0.4, -0.2) is 27.9 Å². The monoisotopic (exact) mass is 305 g/mol. The number of pyridine rings is 2. The molecule has 2 aromatic rings. The van der Waals surface area contributed by atoms with Gasteiger partial charge >= 0.3 is 5.97 Å². The molecular weight excluding hydrogens is 294 g/mol. The standard InChI is InChI=1S/C14H12ClN3O3/c1-9(21-14(20)10-3-2-6-16-7-10)13(19)18-12-5-4-11(15)8-17-12/h2-9H,1H3,(H,17,18,19).